The van der Waals surface area contributed by atoms with E-state index in [-0.39, 0.29) is 11.5 Å². The van der Waals surface area contributed by atoms with Crippen molar-refractivity contribution in [3.05, 3.63) is 35.4 Å². The minimum Gasteiger partial charge on any atom is -0.378 e. The van der Waals surface area contributed by atoms with Crippen LogP contribution < -0.4 is 5.32 Å². The van der Waals surface area contributed by atoms with Gasteiger partial charge in [0.25, 0.3) is 0 Å². The van der Waals surface area contributed by atoms with Crippen molar-refractivity contribution in [1.82, 2.24) is 5.32 Å². The molecule has 0 heterocycles. The van der Waals surface area contributed by atoms with E-state index in [0.717, 1.165) is 19.1 Å². The summed E-state index contributed by atoms with van der Waals surface area (Å²) in [5.74, 6) is -1.00. The van der Waals surface area contributed by atoms with Gasteiger partial charge >= 0.3 is 0 Å². The van der Waals surface area contributed by atoms with E-state index < -0.39 is 11.6 Å². The Balaban J connectivity index is 1.67. The molecule has 3 unspecified atom stereocenters. The molecule has 0 amide bonds. The van der Waals surface area contributed by atoms with Crippen LogP contribution in [0, 0.1) is 17.0 Å². The van der Waals surface area contributed by atoms with Crippen molar-refractivity contribution < 1.29 is 13.5 Å². The first-order valence-corrected chi connectivity index (χ1v) is 7.89. The monoisotopic (exact) mass is 295 g/mol. The number of rotatable bonds is 5. The van der Waals surface area contributed by atoms with Gasteiger partial charge in [0.15, 0.2) is 0 Å². The normalized spacial score (nSPS) is 28.0. The Hall–Kier alpha value is -1.00. The van der Waals surface area contributed by atoms with Gasteiger partial charge in [0.1, 0.15) is 11.6 Å². The van der Waals surface area contributed by atoms with E-state index in [1.54, 1.807) is 0 Å². The number of ether oxygens (including phenoxy) is 1. The van der Waals surface area contributed by atoms with Crippen LogP contribution >= 0.6 is 0 Å². The van der Waals surface area contributed by atoms with E-state index in [0.29, 0.717) is 17.7 Å². The van der Waals surface area contributed by atoms with Gasteiger partial charge in [-0.3, -0.25) is 0 Å². The molecule has 2 nitrogen and oxygen atoms in total. The van der Waals surface area contributed by atoms with Crippen LogP contribution in [0.15, 0.2) is 18.2 Å². The maximum absolute atomic E-state index is 13.9. The van der Waals surface area contributed by atoms with E-state index >= 15 is 0 Å². The maximum Gasteiger partial charge on any atom is 0.130 e. The molecule has 21 heavy (non-hydrogen) atoms. The summed E-state index contributed by atoms with van der Waals surface area (Å²) in [5, 5.41) is 3.53. The highest BCUT2D eigenvalue weighted by Gasteiger charge is 2.58. The van der Waals surface area contributed by atoms with Gasteiger partial charge in [-0.2, -0.15) is 0 Å². The molecule has 3 atom stereocenters. The van der Waals surface area contributed by atoms with Gasteiger partial charge in [0, 0.05) is 35.7 Å². The lowest BCUT2D eigenvalue weighted by atomic mass is 9.51. The van der Waals surface area contributed by atoms with E-state index in [1.807, 2.05) is 13.8 Å². The molecule has 2 aliphatic carbocycles. The third-order valence-corrected chi connectivity index (χ3v) is 5.32. The van der Waals surface area contributed by atoms with Crippen LogP contribution in [-0.4, -0.2) is 18.8 Å². The Labute approximate surface area is 124 Å². The van der Waals surface area contributed by atoms with Crippen molar-refractivity contribution in [2.75, 3.05) is 6.61 Å². The summed E-state index contributed by atoms with van der Waals surface area (Å²) in [7, 11) is 0. The number of halogens is 2. The zero-order chi connectivity index (χ0) is 15.0. The van der Waals surface area contributed by atoms with Crippen LogP contribution in [0.3, 0.4) is 0 Å². The second-order valence-electron chi connectivity index (χ2n) is 6.37. The summed E-state index contributed by atoms with van der Waals surface area (Å²) in [6, 6.07) is 4.07. The summed E-state index contributed by atoms with van der Waals surface area (Å²) in [4.78, 5) is 0. The first-order chi connectivity index (χ1) is 10.1. The lowest BCUT2D eigenvalue weighted by molar-refractivity contribution is -0.174. The Bertz CT molecular complexity index is 516. The van der Waals surface area contributed by atoms with Gasteiger partial charge in [0.05, 0.1) is 6.10 Å². The SMILES string of the molecule is CCOC1CC(NC(C)c2ccc(F)cc2F)C12CCC2. The molecule has 0 saturated heterocycles. The topological polar surface area (TPSA) is 21.3 Å². The number of hydrogen-bond acceptors (Lipinski definition) is 2. The van der Waals surface area contributed by atoms with E-state index in [1.165, 1.54) is 31.4 Å². The number of hydrogen-bond donors (Lipinski definition) is 1. The highest BCUT2D eigenvalue weighted by molar-refractivity contribution is 5.23. The first-order valence-electron chi connectivity index (χ1n) is 7.89. The largest absolute Gasteiger partial charge is 0.378 e. The fourth-order valence-corrected chi connectivity index (χ4v) is 3.92. The van der Waals surface area contributed by atoms with Crippen LogP contribution in [0.4, 0.5) is 8.78 Å². The van der Waals surface area contributed by atoms with Gasteiger partial charge in [-0.1, -0.05) is 12.5 Å². The molecule has 2 fully saturated rings. The second kappa shape index (κ2) is 5.65. The summed E-state index contributed by atoms with van der Waals surface area (Å²) in [5.41, 5.74) is 0.784. The number of benzene rings is 1. The smallest absolute Gasteiger partial charge is 0.130 e. The lowest BCUT2D eigenvalue weighted by Crippen LogP contribution is -2.67. The van der Waals surface area contributed by atoms with Crippen LogP contribution in [0.2, 0.25) is 0 Å². The minimum atomic E-state index is -0.529. The fraction of sp³-hybridized carbons (Fsp3) is 0.647. The predicted octanol–water partition coefficient (Wildman–Crippen LogP) is 3.96. The Kier molecular flexibility index (Phi) is 4.02. The quantitative estimate of drug-likeness (QED) is 0.887. The van der Waals surface area contributed by atoms with Crippen molar-refractivity contribution in [2.24, 2.45) is 5.41 Å². The summed E-state index contributed by atoms with van der Waals surface area (Å²) in [6.07, 6.45) is 4.96. The third kappa shape index (κ3) is 2.49. The van der Waals surface area contributed by atoms with Crippen LogP contribution in [0.5, 0.6) is 0 Å². The lowest BCUT2D eigenvalue weighted by Gasteiger charge is -2.61. The van der Waals surface area contributed by atoms with E-state index in [9.17, 15) is 8.78 Å². The summed E-state index contributed by atoms with van der Waals surface area (Å²) >= 11 is 0. The molecule has 1 aromatic rings. The van der Waals surface area contributed by atoms with Gasteiger partial charge in [-0.15, -0.1) is 0 Å². The minimum absolute atomic E-state index is 0.115. The zero-order valence-corrected chi connectivity index (χ0v) is 12.7. The summed E-state index contributed by atoms with van der Waals surface area (Å²) in [6.45, 7) is 4.72. The maximum atomic E-state index is 13.9. The van der Waals surface area contributed by atoms with Gasteiger partial charge in [-0.25, -0.2) is 8.78 Å². The first kappa shape index (κ1) is 14.9. The van der Waals surface area contributed by atoms with Crippen molar-refractivity contribution in [1.29, 1.82) is 0 Å². The summed E-state index contributed by atoms with van der Waals surface area (Å²) < 4.78 is 32.7. The van der Waals surface area contributed by atoms with E-state index in [2.05, 4.69) is 5.32 Å². The molecular weight excluding hydrogens is 272 g/mol. The average Bonchev–Trinajstić information content (AvgIpc) is 2.35. The third-order valence-electron chi connectivity index (χ3n) is 5.32. The van der Waals surface area contributed by atoms with Gasteiger partial charge in [-0.05, 0) is 39.2 Å². The molecule has 0 bridgehead atoms. The molecule has 3 rings (SSSR count). The predicted molar refractivity (Wildman–Crippen MR) is 78.0 cm³/mol. The molecular formula is C17H23F2NO. The molecule has 116 valence electrons. The standard InChI is InChI=1S/C17H23F2NO/c1-3-21-16-10-15(17(16)7-4-8-17)20-11(2)13-6-5-12(18)9-14(13)19/h5-6,9,11,15-16,20H,3-4,7-8,10H2,1-2H3. The van der Waals surface area contributed by atoms with Crippen LogP contribution in [0.1, 0.15) is 51.1 Å². The molecule has 4 heteroatoms. The van der Waals surface area contributed by atoms with Crippen molar-refractivity contribution >= 4 is 0 Å². The highest BCUT2D eigenvalue weighted by atomic mass is 19.1. The highest BCUT2D eigenvalue weighted by Crippen LogP contribution is 2.57. The molecule has 0 radical (unpaired) electrons. The Morgan fingerprint density at radius 2 is 2.14 bits per heavy atom. The van der Waals surface area contributed by atoms with Crippen LogP contribution in [0.25, 0.3) is 0 Å². The molecule has 1 N–H and O–H groups in total. The number of nitrogens with one attached hydrogen (secondary N) is 1. The van der Waals surface area contributed by atoms with Crippen molar-refractivity contribution in [2.45, 2.75) is 57.7 Å². The van der Waals surface area contributed by atoms with Crippen molar-refractivity contribution in [3.8, 4) is 0 Å². The zero-order valence-electron chi connectivity index (χ0n) is 12.7. The van der Waals surface area contributed by atoms with Crippen LogP contribution in [-0.2, 0) is 4.74 Å². The second-order valence-corrected chi connectivity index (χ2v) is 6.37. The molecule has 2 aliphatic rings. The molecule has 1 aromatic carbocycles. The van der Waals surface area contributed by atoms with E-state index in [4.69, 9.17) is 4.74 Å². The Morgan fingerprint density at radius 3 is 2.71 bits per heavy atom. The molecule has 1 spiro atoms. The van der Waals surface area contributed by atoms with Gasteiger partial charge < -0.3 is 10.1 Å². The Morgan fingerprint density at radius 1 is 1.38 bits per heavy atom. The molecule has 0 aromatic heterocycles. The van der Waals surface area contributed by atoms with Crippen molar-refractivity contribution in [3.63, 3.8) is 0 Å². The average molecular weight is 295 g/mol. The van der Waals surface area contributed by atoms with Gasteiger partial charge in [0.2, 0.25) is 0 Å². The molecule has 2 saturated carbocycles. The fourth-order valence-electron chi connectivity index (χ4n) is 3.92. The molecule has 0 aliphatic heterocycles.